The molecule has 0 bridgehead atoms. The van der Waals surface area contributed by atoms with E-state index < -0.39 is 14.4 Å². The van der Waals surface area contributed by atoms with Gasteiger partial charge in [-0.05, 0) is 45.1 Å². The van der Waals surface area contributed by atoms with Crippen LogP contribution in [-0.2, 0) is 22.2 Å². The van der Waals surface area contributed by atoms with E-state index in [1.54, 1.807) is 14.2 Å². The van der Waals surface area contributed by atoms with Gasteiger partial charge in [-0.2, -0.15) is 0 Å². The molecule has 0 saturated carbocycles. The van der Waals surface area contributed by atoms with Crippen molar-refractivity contribution >= 4 is 18.7 Å². The maximum Gasteiger partial charge on any atom is 0.261 e. The summed E-state index contributed by atoms with van der Waals surface area (Å²) in [6.45, 7) is 7.60. The van der Waals surface area contributed by atoms with Crippen LogP contribution in [0.3, 0.4) is 0 Å². The van der Waals surface area contributed by atoms with Crippen LogP contribution >= 0.6 is 0 Å². The summed E-state index contributed by atoms with van der Waals surface area (Å²) in [4.78, 5) is 0. The number of rotatable bonds is 14. The third-order valence-electron chi connectivity index (χ3n) is 7.65. The van der Waals surface area contributed by atoms with Gasteiger partial charge in [-0.25, -0.2) is 0 Å². The van der Waals surface area contributed by atoms with E-state index in [1.807, 2.05) is 48.5 Å². The van der Waals surface area contributed by atoms with Crippen molar-refractivity contribution in [2.75, 3.05) is 20.8 Å². The van der Waals surface area contributed by atoms with Gasteiger partial charge in [0.25, 0.3) is 8.32 Å². The van der Waals surface area contributed by atoms with Crippen LogP contribution in [0, 0.1) is 0 Å². The molecule has 4 aromatic carbocycles. The molecule has 0 aliphatic carbocycles. The SMILES string of the molecule is COc1cc(C[C@H](O)C[C@@H](CO[Si](c2ccccc2)(c2ccccc2)C(C)(C)C)OCc2ccccc2)cc(OC)c1. The largest absolute Gasteiger partial charge is 0.497 e. The van der Waals surface area contributed by atoms with E-state index in [9.17, 15) is 5.11 Å². The lowest BCUT2D eigenvalue weighted by molar-refractivity contribution is -0.0221. The lowest BCUT2D eigenvalue weighted by atomic mass is 10.0. The molecule has 222 valence electrons. The summed E-state index contributed by atoms with van der Waals surface area (Å²) in [5, 5.41) is 13.6. The fourth-order valence-electron chi connectivity index (χ4n) is 5.60. The fraction of sp³-hybridized carbons (Fsp3) is 0.333. The Bertz CT molecular complexity index is 1290. The fourth-order valence-corrected chi connectivity index (χ4v) is 10.2. The monoisotopic (exact) mass is 584 g/mol. The quantitative estimate of drug-likeness (QED) is 0.180. The molecular weight excluding hydrogens is 540 g/mol. The number of ether oxygens (including phenoxy) is 3. The van der Waals surface area contributed by atoms with E-state index in [1.165, 1.54) is 10.4 Å². The van der Waals surface area contributed by atoms with Crippen molar-refractivity contribution < 1.29 is 23.7 Å². The zero-order valence-electron chi connectivity index (χ0n) is 25.5. The molecule has 0 saturated heterocycles. The Kier molecular flexibility index (Phi) is 11.0. The van der Waals surface area contributed by atoms with Gasteiger partial charge in [0, 0.05) is 12.5 Å². The van der Waals surface area contributed by atoms with E-state index in [0.717, 1.165) is 11.1 Å². The minimum Gasteiger partial charge on any atom is -0.497 e. The predicted molar refractivity (Wildman–Crippen MR) is 172 cm³/mol. The van der Waals surface area contributed by atoms with Gasteiger partial charge < -0.3 is 23.7 Å². The van der Waals surface area contributed by atoms with Crippen LogP contribution in [0.4, 0.5) is 0 Å². The Labute approximate surface area is 252 Å². The first-order valence-electron chi connectivity index (χ1n) is 14.6. The zero-order chi connectivity index (χ0) is 30.0. The summed E-state index contributed by atoms with van der Waals surface area (Å²) in [6.07, 6.45) is -0.109. The van der Waals surface area contributed by atoms with E-state index in [2.05, 4.69) is 81.4 Å². The number of aliphatic hydroxyl groups excluding tert-OH is 1. The van der Waals surface area contributed by atoms with Crippen LogP contribution in [0.5, 0.6) is 11.5 Å². The molecule has 4 aromatic rings. The number of benzene rings is 4. The Morgan fingerprint density at radius 1 is 0.690 bits per heavy atom. The number of hydrogen-bond donors (Lipinski definition) is 1. The molecule has 0 unspecified atom stereocenters. The molecule has 0 aromatic heterocycles. The highest BCUT2D eigenvalue weighted by Crippen LogP contribution is 2.37. The third-order valence-corrected chi connectivity index (χ3v) is 12.7. The van der Waals surface area contributed by atoms with Crippen molar-refractivity contribution in [1.29, 1.82) is 0 Å². The van der Waals surface area contributed by atoms with Crippen LogP contribution in [0.1, 0.15) is 38.3 Å². The van der Waals surface area contributed by atoms with Crippen molar-refractivity contribution in [1.82, 2.24) is 0 Å². The molecule has 4 rings (SSSR count). The lowest BCUT2D eigenvalue weighted by Gasteiger charge is -2.43. The average molecular weight is 585 g/mol. The molecule has 0 aliphatic heterocycles. The molecule has 1 N–H and O–H groups in total. The Morgan fingerprint density at radius 3 is 1.67 bits per heavy atom. The highest BCUT2D eigenvalue weighted by atomic mass is 28.4. The standard InChI is InChI=1S/C36H44O5Si/c1-36(2,3)42(34-17-11-7-12-18-34,35-19-13-8-14-20-35)41-27-33(40-26-28-15-9-6-10-16-28)24-30(37)21-29-22-31(38-4)25-32(23-29)39-5/h6-20,22-23,25,30,33,37H,21,24,26-27H2,1-5H3/t30-,33-/m0/s1. The topological polar surface area (TPSA) is 57.2 Å². The summed E-state index contributed by atoms with van der Waals surface area (Å²) in [7, 11) is 0.494. The Hall–Kier alpha value is -3.42. The van der Waals surface area contributed by atoms with Gasteiger partial charge in [0.05, 0.1) is 39.6 Å². The molecule has 0 heterocycles. The van der Waals surface area contributed by atoms with Crippen LogP contribution in [-0.4, -0.2) is 46.5 Å². The second kappa shape index (κ2) is 14.7. The van der Waals surface area contributed by atoms with Gasteiger partial charge >= 0.3 is 0 Å². The average Bonchev–Trinajstić information content (AvgIpc) is 3.00. The highest BCUT2D eigenvalue weighted by Gasteiger charge is 2.50. The summed E-state index contributed by atoms with van der Waals surface area (Å²) >= 11 is 0. The lowest BCUT2D eigenvalue weighted by Crippen LogP contribution is -2.67. The highest BCUT2D eigenvalue weighted by molar-refractivity contribution is 6.99. The molecule has 42 heavy (non-hydrogen) atoms. The molecule has 0 spiro atoms. The van der Waals surface area contributed by atoms with Crippen LogP contribution in [0.25, 0.3) is 0 Å². The van der Waals surface area contributed by atoms with Crippen LogP contribution < -0.4 is 19.8 Å². The van der Waals surface area contributed by atoms with Crippen molar-refractivity contribution in [2.45, 2.75) is 57.5 Å². The molecule has 6 heteroatoms. The van der Waals surface area contributed by atoms with Gasteiger partial charge in [0.15, 0.2) is 0 Å². The molecule has 0 fully saturated rings. The maximum atomic E-state index is 11.3. The molecule has 0 amide bonds. The van der Waals surface area contributed by atoms with Crippen LogP contribution in [0.2, 0.25) is 5.04 Å². The van der Waals surface area contributed by atoms with Gasteiger partial charge in [0.2, 0.25) is 0 Å². The first-order chi connectivity index (χ1) is 20.2. The van der Waals surface area contributed by atoms with Crippen molar-refractivity contribution in [3.05, 3.63) is 120 Å². The minimum absolute atomic E-state index is 0.157. The van der Waals surface area contributed by atoms with E-state index >= 15 is 0 Å². The molecular formula is C36H44O5Si. The van der Waals surface area contributed by atoms with Gasteiger partial charge in [-0.1, -0.05) is 112 Å². The van der Waals surface area contributed by atoms with Crippen molar-refractivity contribution in [2.24, 2.45) is 0 Å². The Balaban J connectivity index is 1.62. The molecule has 2 atom stereocenters. The number of aliphatic hydroxyl groups is 1. The summed E-state index contributed by atoms with van der Waals surface area (Å²) < 4.78 is 24.6. The predicted octanol–water partition coefficient (Wildman–Crippen LogP) is 6.16. The smallest absolute Gasteiger partial charge is 0.261 e. The molecule has 5 nitrogen and oxygen atoms in total. The number of hydrogen-bond acceptors (Lipinski definition) is 5. The first kappa shape index (κ1) is 31.5. The van der Waals surface area contributed by atoms with Gasteiger partial charge in [0.1, 0.15) is 11.5 Å². The van der Waals surface area contributed by atoms with Gasteiger partial charge in [-0.15, -0.1) is 0 Å². The van der Waals surface area contributed by atoms with E-state index in [4.69, 9.17) is 18.6 Å². The first-order valence-corrected chi connectivity index (χ1v) is 16.5. The zero-order valence-corrected chi connectivity index (χ0v) is 26.5. The van der Waals surface area contributed by atoms with Crippen LogP contribution in [0.15, 0.2) is 109 Å². The minimum atomic E-state index is -2.77. The second-order valence-corrected chi connectivity index (χ2v) is 16.0. The maximum absolute atomic E-state index is 11.3. The van der Waals surface area contributed by atoms with Crippen molar-refractivity contribution in [3.8, 4) is 11.5 Å². The summed E-state index contributed by atoms with van der Waals surface area (Å²) in [6, 6.07) is 37.0. The third kappa shape index (κ3) is 7.89. The van der Waals surface area contributed by atoms with E-state index in [-0.39, 0.29) is 11.1 Å². The molecule has 0 aliphatic rings. The summed E-state index contributed by atoms with van der Waals surface area (Å²) in [5.74, 6) is 1.40. The van der Waals surface area contributed by atoms with Gasteiger partial charge in [-0.3, -0.25) is 0 Å². The Morgan fingerprint density at radius 2 is 1.19 bits per heavy atom. The second-order valence-electron chi connectivity index (χ2n) is 11.7. The molecule has 0 radical (unpaired) electrons. The number of methoxy groups -OCH3 is 2. The normalized spacial score (nSPS) is 13.4. The van der Waals surface area contributed by atoms with Crippen molar-refractivity contribution in [3.63, 3.8) is 0 Å². The summed E-state index contributed by atoms with van der Waals surface area (Å²) in [5.41, 5.74) is 2.02. The van der Waals surface area contributed by atoms with E-state index in [0.29, 0.717) is 37.6 Å².